The predicted octanol–water partition coefficient (Wildman–Crippen LogP) is 2.35. The number of alkyl halides is 1. The molecule has 1 aromatic heterocycles. The van der Waals surface area contributed by atoms with E-state index < -0.39 is 5.79 Å². The summed E-state index contributed by atoms with van der Waals surface area (Å²) in [5, 5.41) is 3.91. The van der Waals surface area contributed by atoms with Crippen molar-refractivity contribution in [2.45, 2.75) is 23.5 Å². The molecule has 1 atom stereocenters. The summed E-state index contributed by atoms with van der Waals surface area (Å²) in [6.07, 6.45) is 1.78. The molecule has 1 aliphatic heterocycles. The second-order valence-electron chi connectivity index (χ2n) is 3.64. The molecule has 0 bridgehead atoms. The third-order valence-electron chi connectivity index (χ3n) is 2.82. The van der Waals surface area contributed by atoms with Crippen LogP contribution in [0.25, 0.3) is 0 Å². The van der Waals surface area contributed by atoms with E-state index in [2.05, 4.69) is 37.0 Å². The summed E-state index contributed by atoms with van der Waals surface area (Å²) in [6.45, 7) is 1.22. The van der Waals surface area contributed by atoms with Crippen molar-refractivity contribution in [2.75, 3.05) is 13.2 Å². The number of rotatable bonds is 0. The average Bonchev–Trinajstić information content (AvgIpc) is 2.81. The Morgan fingerprint density at radius 2 is 2.07 bits per heavy atom. The van der Waals surface area contributed by atoms with Crippen LogP contribution in [-0.4, -0.2) is 23.2 Å². The van der Waals surface area contributed by atoms with Gasteiger partial charge in [-0.15, -0.1) is 0 Å². The average molecular weight is 339 g/mol. The van der Waals surface area contributed by atoms with Crippen LogP contribution in [-0.2, 0) is 21.7 Å². The molecule has 0 radical (unpaired) electrons. The molecule has 1 fully saturated rings. The molecular weight excluding hydrogens is 330 g/mol. The van der Waals surface area contributed by atoms with Crippen LogP contribution in [0.3, 0.4) is 0 Å². The van der Waals surface area contributed by atoms with Gasteiger partial charge in [-0.25, -0.2) is 0 Å². The van der Waals surface area contributed by atoms with Gasteiger partial charge in [0.05, 0.1) is 23.6 Å². The Balaban J connectivity index is 2.16. The molecule has 0 saturated carbocycles. The SMILES string of the molecule is Brc1noc2c1C1(OCCO1)C(Br)CC2. The van der Waals surface area contributed by atoms with Crippen molar-refractivity contribution in [2.24, 2.45) is 0 Å². The summed E-state index contributed by atoms with van der Waals surface area (Å²) in [7, 11) is 0. The predicted molar refractivity (Wildman–Crippen MR) is 58.8 cm³/mol. The monoisotopic (exact) mass is 337 g/mol. The molecule has 1 aromatic rings. The number of hydrogen-bond acceptors (Lipinski definition) is 4. The minimum absolute atomic E-state index is 0.149. The second-order valence-corrected chi connectivity index (χ2v) is 5.50. The third-order valence-corrected chi connectivity index (χ3v) is 4.42. The van der Waals surface area contributed by atoms with Crippen LogP contribution in [0.2, 0.25) is 0 Å². The van der Waals surface area contributed by atoms with Crippen molar-refractivity contribution in [3.05, 3.63) is 15.9 Å². The van der Waals surface area contributed by atoms with Crippen molar-refractivity contribution >= 4 is 31.9 Å². The molecule has 6 heteroatoms. The Labute approximate surface area is 104 Å². The number of hydrogen-bond donors (Lipinski definition) is 0. The van der Waals surface area contributed by atoms with Crippen LogP contribution in [0.4, 0.5) is 0 Å². The maximum atomic E-state index is 5.76. The van der Waals surface area contributed by atoms with Gasteiger partial charge in [0.1, 0.15) is 5.76 Å². The van der Waals surface area contributed by atoms with Crippen molar-refractivity contribution in [3.63, 3.8) is 0 Å². The van der Waals surface area contributed by atoms with Gasteiger partial charge in [0.25, 0.3) is 0 Å². The zero-order valence-corrected chi connectivity index (χ0v) is 11.0. The van der Waals surface area contributed by atoms with Crippen LogP contribution in [0.5, 0.6) is 0 Å². The molecule has 2 heterocycles. The highest BCUT2D eigenvalue weighted by Gasteiger charge is 2.52. The van der Waals surface area contributed by atoms with E-state index in [1.807, 2.05) is 0 Å². The van der Waals surface area contributed by atoms with Gasteiger partial charge >= 0.3 is 0 Å². The van der Waals surface area contributed by atoms with E-state index in [4.69, 9.17) is 14.0 Å². The lowest BCUT2D eigenvalue weighted by Crippen LogP contribution is -2.41. The first-order valence-electron chi connectivity index (χ1n) is 4.80. The first-order chi connectivity index (χ1) is 7.24. The molecule has 82 valence electrons. The molecule has 1 aliphatic carbocycles. The number of ether oxygens (including phenoxy) is 2. The van der Waals surface area contributed by atoms with Crippen molar-refractivity contribution in [1.82, 2.24) is 5.16 Å². The molecule has 0 N–H and O–H groups in total. The topological polar surface area (TPSA) is 44.5 Å². The Kier molecular flexibility index (Phi) is 2.43. The first-order valence-corrected chi connectivity index (χ1v) is 6.51. The van der Waals surface area contributed by atoms with Crippen molar-refractivity contribution in [1.29, 1.82) is 0 Å². The number of halogens is 2. The van der Waals surface area contributed by atoms with Gasteiger partial charge in [-0.3, -0.25) is 0 Å². The van der Waals surface area contributed by atoms with Crippen LogP contribution in [0, 0.1) is 0 Å². The molecule has 3 rings (SSSR count). The summed E-state index contributed by atoms with van der Waals surface area (Å²) in [5.74, 6) is 0.159. The molecule has 1 saturated heterocycles. The smallest absolute Gasteiger partial charge is 0.214 e. The van der Waals surface area contributed by atoms with Gasteiger partial charge in [0, 0.05) is 6.42 Å². The summed E-state index contributed by atoms with van der Waals surface area (Å²) < 4.78 is 17.4. The molecule has 0 aromatic carbocycles. The zero-order chi connectivity index (χ0) is 10.5. The highest BCUT2D eigenvalue weighted by molar-refractivity contribution is 9.10. The van der Waals surface area contributed by atoms with Crippen molar-refractivity contribution < 1.29 is 14.0 Å². The van der Waals surface area contributed by atoms with Crippen LogP contribution in [0.15, 0.2) is 9.13 Å². The maximum absolute atomic E-state index is 5.76. The van der Waals surface area contributed by atoms with E-state index in [9.17, 15) is 0 Å². The lowest BCUT2D eigenvalue weighted by Gasteiger charge is -2.35. The van der Waals surface area contributed by atoms with Crippen LogP contribution >= 0.6 is 31.9 Å². The third kappa shape index (κ3) is 1.35. The van der Waals surface area contributed by atoms with Gasteiger partial charge in [-0.2, -0.15) is 0 Å². The van der Waals surface area contributed by atoms with Crippen LogP contribution < -0.4 is 0 Å². The zero-order valence-electron chi connectivity index (χ0n) is 7.83. The summed E-state index contributed by atoms with van der Waals surface area (Å²) in [6, 6.07) is 0. The molecular formula is C9H9Br2NO3. The van der Waals surface area contributed by atoms with Gasteiger partial charge in [-0.1, -0.05) is 21.1 Å². The van der Waals surface area contributed by atoms with Crippen LogP contribution in [0.1, 0.15) is 17.7 Å². The molecule has 0 amide bonds. The number of fused-ring (bicyclic) bond motifs is 2. The Morgan fingerprint density at radius 1 is 1.33 bits per heavy atom. The van der Waals surface area contributed by atoms with Gasteiger partial charge in [-0.05, 0) is 22.4 Å². The molecule has 1 unspecified atom stereocenters. The van der Waals surface area contributed by atoms with E-state index in [0.717, 1.165) is 24.2 Å². The summed E-state index contributed by atoms with van der Waals surface area (Å²) in [4.78, 5) is 0.149. The lowest BCUT2D eigenvalue weighted by atomic mass is 9.92. The maximum Gasteiger partial charge on any atom is 0.214 e. The molecule has 1 spiro atoms. The molecule has 4 nitrogen and oxygen atoms in total. The van der Waals surface area contributed by atoms with E-state index in [-0.39, 0.29) is 4.83 Å². The van der Waals surface area contributed by atoms with Crippen molar-refractivity contribution in [3.8, 4) is 0 Å². The van der Waals surface area contributed by atoms with Gasteiger partial charge in [0.2, 0.25) is 5.79 Å². The molecule has 15 heavy (non-hydrogen) atoms. The normalized spacial score (nSPS) is 28.3. The Hall–Kier alpha value is 0.0900. The van der Waals surface area contributed by atoms with Gasteiger partial charge < -0.3 is 14.0 Å². The largest absolute Gasteiger partial charge is 0.360 e. The van der Waals surface area contributed by atoms with E-state index >= 15 is 0 Å². The second kappa shape index (κ2) is 3.55. The lowest BCUT2D eigenvalue weighted by molar-refractivity contribution is -0.170. The standard InChI is InChI=1S/C9H9Br2NO3/c10-6-2-1-5-7(8(11)12-15-5)9(6)13-3-4-14-9/h6H,1-4H2. The number of aromatic nitrogens is 1. The Morgan fingerprint density at radius 3 is 2.80 bits per heavy atom. The van der Waals surface area contributed by atoms with E-state index in [1.165, 1.54) is 0 Å². The van der Waals surface area contributed by atoms with E-state index in [0.29, 0.717) is 17.8 Å². The fourth-order valence-corrected chi connectivity index (χ4v) is 3.46. The quantitative estimate of drug-likeness (QED) is 0.681. The first kappa shape index (κ1) is 10.3. The highest BCUT2D eigenvalue weighted by atomic mass is 79.9. The van der Waals surface area contributed by atoms with Gasteiger partial charge in [0.15, 0.2) is 4.60 Å². The number of aryl methyl sites for hydroxylation is 1. The van der Waals surface area contributed by atoms with E-state index in [1.54, 1.807) is 0 Å². The minimum Gasteiger partial charge on any atom is -0.360 e. The summed E-state index contributed by atoms with van der Waals surface area (Å²) in [5.41, 5.74) is 0.910. The summed E-state index contributed by atoms with van der Waals surface area (Å²) >= 11 is 7.00. The Bertz CT molecular complexity index is 387. The highest BCUT2D eigenvalue weighted by Crippen LogP contribution is 2.48. The fraction of sp³-hybridized carbons (Fsp3) is 0.667. The molecule has 2 aliphatic rings. The minimum atomic E-state index is -0.702. The fourth-order valence-electron chi connectivity index (χ4n) is 2.17. The number of nitrogens with zero attached hydrogens (tertiary/aromatic N) is 1.